The summed E-state index contributed by atoms with van der Waals surface area (Å²) in [5.74, 6) is 0. The van der Waals surface area contributed by atoms with Crippen LogP contribution in [0.3, 0.4) is 0 Å². The van der Waals surface area contributed by atoms with Crippen molar-refractivity contribution in [1.82, 2.24) is 4.98 Å². The third-order valence-electron chi connectivity index (χ3n) is 2.18. The van der Waals surface area contributed by atoms with Gasteiger partial charge in [0, 0.05) is 11.1 Å². The highest BCUT2D eigenvalue weighted by atomic mass is 14.7. The Morgan fingerprint density at radius 1 is 1.15 bits per heavy atom. The largest absolute Gasteiger partial charge is 0.253 e. The van der Waals surface area contributed by atoms with Gasteiger partial charge in [0.25, 0.3) is 0 Å². The third-order valence-corrected chi connectivity index (χ3v) is 2.18. The number of rotatable bonds is 0. The van der Waals surface area contributed by atoms with Crippen LogP contribution in [0.1, 0.15) is 11.3 Å². The molecule has 1 nitrogen and oxygen atoms in total. The first kappa shape index (κ1) is 8.30. The first-order chi connectivity index (χ1) is 6.16. The standard InChI is InChI=1S/C11H10BN/c1-7-5-9(12)6-11-10(7)4-3-8(2)13-11/h3-6H,1-2H3. The minimum Gasteiger partial charge on any atom is -0.253 e. The molecule has 0 amide bonds. The number of benzene rings is 1. The van der Waals surface area contributed by atoms with Crippen LogP contribution in [0, 0.1) is 13.8 Å². The summed E-state index contributed by atoms with van der Waals surface area (Å²) in [5, 5.41) is 1.18. The summed E-state index contributed by atoms with van der Waals surface area (Å²) in [6.45, 7) is 4.04. The van der Waals surface area contributed by atoms with Crippen molar-refractivity contribution in [3.05, 3.63) is 35.5 Å². The van der Waals surface area contributed by atoms with Crippen LogP contribution in [0.15, 0.2) is 24.3 Å². The van der Waals surface area contributed by atoms with Gasteiger partial charge in [-0.3, -0.25) is 4.98 Å². The molecule has 0 spiro atoms. The van der Waals surface area contributed by atoms with Crippen molar-refractivity contribution in [1.29, 1.82) is 0 Å². The summed E-state index contributed by atoms with van der Waals surface area (Å²) >= 11 is 0. The number of hydrogen-bond acceptors (Lipinski definition) is 1. The van der Waals surface area contributed by atoms with Gasteiger partial charge in [-0.2, -0.15) is 0 Å². The number of aromatic nitrogens is 1. The average molecular weight is 167 g/mol. The predicted molar refractivity (Wildman–Crippen MR) is 56.6 cm³/mol. The second-order valence-corrected chi connectivity index (χ2v) is 3.36. The van der Waals surface area contributed by atoms with E-state index in [9.17, 15) is 0 Å². The number of fused-ring (bicyclic) bond motifs is 1. The van der Waals surface area contributed by atoms with Crippen LogP contribution in [-0.2, 0) is 0 Å². The van der Waals surface area contributed by atoms with E-state index in [2.05, 4.69) is 18.0 Å². The summed E-state index contributed by atoms with van der Waals surface area (Å²) < 4.78 is 0. The number of nitrogens with zero attached hydrogens (tertiary/aromatic N) is 1. The van der Waals surface area contributed by atoms with Gasteiger partial charge in [0.15, 0.2) is 0 Å². The van der Waals surface area contributed by atoms with Crippen molar-refractivity contribution in [2.75, 3.05) is 0 Å². The van der Waals surface area contributed by atoms with E-state index in [1.54, 1.807) is 0 Å². The maximum Gasteiger partial charge on any atom is 0.113 e. The van der Waals surface area contributed by atoms with Gasteiger partial charge in [0.2, 0.25) is 0 Å². The molecule has 62 valence electrons. The Hall–Kier alpha value is -1.31. The molecule has 0 saturated heterocycles. The van der Waals surface area contributed by atoms with Crippen LogP contribution in [0.4, 0.5) is 0 Å². The maximum absolute atomic E-state index is 5.73. The highest BCUT2D eigenvalue weighted by molar-refractivity contribution is 6.33. The minimum atomic E-state index is 0.781. The van der Waals surface area contributed by atoms with E-state index in [0.29, 0.717) is 0 Å². The lowest BCUT2D eigenvalue weighted by atomic mass is 9.92. The van der Waals surface area contributed by atoms with Crippen molar-refractivity contribution in [3.63, 3.8) is 0 Å². The molecule has 0 bridgehead atoms. The maximum atomic E-state index is 5.73. The number of pyridine rings is 1. The Balaban J connectivity index is 2.86. The Bertz CT molecular complexity index is 458. The molecule has 0 aliphatic heterocycles. The molecule has 2 rings (SSSR count). The first-order valence-electron chi connectivity index (χ1n) is 4.30. The van der Waals surface area contributed by atoms with Gasteiger partial charge in [-0.1, -0.05) is 17.6 Å². The normalized spacial score (nSPS) is 10.6. The molecular formula is C11H10BN. The molecule has 0 saturated carbocycles. The summed E-state index contributed by atoms with van der Waals surface area (Å²) in [4.78, 5) is 4.42. The molecule has 0 fully saturated rings. The molecule has 2 aromatic rings. The average Bonchev–Trinajstić information content (AvgIpc) is 2.02. The molecule has 0 aliphatic carbocycles. The topological polar surface area (TPSA) is 12.9 Å². The van der Waals surface area contributed by atoms with E-state index in [1.807, 2.05) is 25.1 Å². The van der Waals surface area contributed by atoms with E-state index in [1.165, 1.54) is 10.9 Å². The smallest absolute Gasteiger partial charge is 0.113 e. The summed E-state index contributed by atoms with van der Waals surface area (Å²) in [7, 11) is 5.73. The van der Waals surface area contributed by atoms with Crippen molar-refractivity contribution >= 4 is 24.2 Å². The number of aryl methyl sites for hydroxylation is 2. The van der Waals surface area contributed by atoms with Crippen LogP contribution in [0.25, 0.3) is 10.9 Å². The fourth-order valence-corrected chi connectivity index (χ4v) is 1.55. The van der Waals surface area contributed by atoms with E-state index in [0.717, 1.165) is 16.7 Å². The molecule has 1 aromatic carbocycles. The van der Waals surface area contributed by atoms with Crippen LogP contribution in [-0.4, -0.2) is 12.8 Å². The summed E-state index contributed by atoms with van der Waals surface area (Å²) in [6, 6.07) is 7.99. The van der Waals surface area contributed by atoms with Gasteiger partial charge < -0.3 is 0 Å². The summed E-state index contributed by atoms with van der Waals surface area (Å²) in [6.07, 6.45) is 0. The SMILES string of the molecule is [B]c1cc(C)c2ccc(C)nc2c1. The Morgan fingerprint density at radius 3 is 2.69 bits per heavy atom. The molecule has 1 aromatic heterocycles. The lowest BCUT2D eigenvalue weighted by Gasteiger charge is -2.04. The van der Waals surface area contributed by atoms with Gasteiger partial charge in [0.05, 0.1) is 5.52 Å². The predicted octanol–water partition coefficient (Wildman–Crippen LogP) is 1.65. The fraction of sp³-hybridized carbons (Fsp3) is 0.182. The molecule has 0 aliphatic rings. The zero-order valence-corrected chi connectivity index (χ0v) is 7.83. The van der Waals surface area contributed by atoms with Crippen LogP contribution < -0.4 is 5.46 Å². The second kappa shape index (κ2) is 2.88. The van der Waals surface area contributed by atoms with Gasteiger partial charge in [-0.25, -0.2) is 0 Å². The Labute approximate surface area is 79.2 Å². The quantitative estimate of drug-likeness (QED) is 0.543. The highest BCUT2D eigenvalue weighted by Crippen LogP contribution is 2.14. The van der Waals surface area contributed by atoms with E-state index in [4.69, 9.17) is 7.85 Å². The molecular weight excluding hydrogens is 157 g/mol. The lowest BCUT2D eigenvalue weighted by Crippen LogP contribution is -2.03. The first-order valence-corrected chi connectivity index (χ1v) is 4.30. The third kappa shape index (κ3) is 1.44. The van der Waals surface area contributed by atoms with Crippen molar-refractivity contribution in [3.8, 4) is 0 Å². The van der Waals surface area contributed by atoms with Gasteiger partial charge >= 0.3 is 0 Å². The highest BCUT2D eigenvalue weighted by Gasteiger charge is 1.99. The zero-order chi connectivity index (χ0) is 9.42. The minimum absolute atomic E-state index is 0.781. The molecule has 0 unspecified atom stereocenters. The number of hydrogen-bond donors (Lipinski definition) is 0. The summed E-state index contributed by atoms with van der Waals surface area (Å²) in [5.41, 5.74) is 3.97. The van der Waals surface area contributed by atoms with Crippen molar-refractivity contribution in [2.24, 2.45) is 0 Å². The van der Waals surface area contributed by atoms with Gasteiger partial charge in [0.1, 0.15) is 7.85 Å². The van der Waals surface area contributed by atoms with Crippen molar-refractivity contribution < 1.29 is 0 Å². The lowest BCUT2D eigenvalue weighted by molar-refractivity contribution is 1.25. The van der Waals surface area contributed by atoms with Gasteiger partial charge in [-0.15, -0.1) is 0 Å². The monoisotopic (exact) mass is 167 g/mol. The fourth-order valence-electron chi connectivity index (χ4n) is 1.55. The van der Waals surface area contributed by atoms with Crippen LogP contribution in [0.5, 0.6) is 0 Å². The van der Waals surface area contributed by atoms with E-state index < -0.39 is 0 Å². The Morgan fingerprint density at radius 2 is 1.92 bits per heavy atom. The molecule has 2 radical (unpaired) electrons. The second-order valence-electron chi connectivity index (χ2n) is 3.36. The van der Waals surface area contributed by atoms with Crippen molar-refractivity contribution in [2.45, 2.75) is 13.8 Å². The molecule has 0 N–H and O–H groups in total. The molecule has 1 heterocycles. The van der Waals surface area contributed by atoms with E-state index >= 15 is 0 Å². The van der Waals surface area contributed by atoms with Crippen LogP contribution in [0.2, 0.25) is 0 Å². The molecule has 13 heavy (non-hydrogen) atoms. The molecule has 0 atom stereocenters. The van der Waals surface area contributed by atoms with Crippen LogP contribution >= 0.6 is 0 Å². The van der Waals surface area contributed by atoms with Gasteiger partial charge in [-0.05, 0) is 31.5 Å². The van der Waals surface area contributed by atoms with E-state index in [-0.39, 0.29) is 0 Å². The Kier molecular flexibility index (Phi) is 1.84. The zero-order valence-electron chi connectivity index (χ0n) is 7.83. The molecule has 2 heteroatoms.